The van der Waals surface area contributed by atoms with Crippen LogP contribution in [0.5, 0.6) is 0 Å². The van der Waals surface area contributed by atoms with E-state index in [0.717, 1.165) is 28.2 Å². The highest BCUT2D eigenvalue weighted by molar-refractivity contribution is 9.10. The summed E-state index contributed by atoms with van der Waals surface area (Å²) in [6.45, 7) is 4.31. The minimum Gasteiger partial charge on any atom is -0.337 e. The highest BCUT2D eigenvalue weighted by Crippen LogP contribution is 2.26. The highest BCUT2D eigenvalue weighted by Gasteiger charge is 2.28. The van der Waals surface area contributed by atoms with Gasteiger partial charge in [0.1, 0.15) is 0 Å². The van der Waals surface area contributed by atoms with E-state index in [1.807, 2.05) is 35.0 Å². The number of rotatable bonds is 4. The van der Waals surface area contributed by atoms with Crippen LogP contribution in [0.25, 0.3) is 5.69 Å². The Morgan fingerprint density at radius 1 is 1.25 bits per heavy atom. The zero-order valence-electron chi connectivity index (χ0n) is 14.0. The van der Waals surface area contributed by atoms with Crippen molar-refractivity contribution in [3.63, 3.8) is 0 Å². The molecule has 2 unspecified atom stereocenters. The number of nitrogens with zero attached hydrogens (tertiary/aromatic N) is 3. The predicted molar refractivity (Wildman–Crippen MR) is 102 cm³/mol. The first-order chi connectivity index (χ1) is 11.6. The molecule has 2 atom stereocenters. The molecule has 2 heterocycles. The molecule has 0 saturated carbocycles. The van der Waals surface area contributed by atoms with Gasteiger partial charge < -0.3 is 4.90 Å². The SMILES string of the molecule is CC1CCCC(C)N1C(=O)CSc1nccn1-c1ccc(Br)cc1. The lowest BCUT2D eigenvalue weighted by atomic mass is 9.98. The van der Waals surface area contributed by atoms with E-state index in [1.165, 1.54) is 18.2 Å². The normalized spacial score (nSPS) is 21.0. The van der Waals surface area contributed by atoms with E-state index in [-0.39, 0.29) is 5.91 Å². The molecule has 1 amide bonds. The third kappa shape index (κ3) is 3.86. The number of hydrogen-bond acceptors (Lipinski definition) is 3. The van der Waals surface area contributed by atoms with Crippen molar-refractivity contribution in [3.05, 3.63) is 41.1 Å². The van der Waals surface area contributed by atoms with Crippen LogP contribution in [-0.4, -0.2) is 38.2 Å². The number of hydrogen-bond donors (Lipinski definition) is 0. The average Bonchev–Trinajstić information content (AvgIpc) is 3.02. The molecule has 0 spiro atoms. The summed E-state index contributed by atoms with van der Waals surface area (Å²) in [5.74, 6) is 0.646. The van der Waals surface area contributed by atoms with Crippen molar-refractivity contribution >= 4 is 33.6 Å². The first-order valence-electron chi connectivity index (χ1n) is 8.29. The second-order valence-electron chi connectivity index (χ2n) is 6.27. The molecule has 1 fully saturated rings. The Bertz CT molecular complexity index is 691. The molecule has 1 saturated heterocycles. The zero-order valence-corrected chi connectivity index (χ0v) is 16.4. The maximum Gasteiger partial charge on any atom is 0.233 e. The molecule has 1 aromatic heterocycles. The Morgan fingerprint density at radius 3 is 2.58 bits per heavy atom. The van der Waals surface area contributed by atoms with Crippen LogP contribution in [-0.2, 0) is 4.79 Å². The van der Waals surface area contributed by atoms with Crippen molar-refractivity contribution in [2.75, 3.05) is 5.75 Å². The second kappa shape index (κ2) is 7.74. The zero-order chi connectivity index (χ0) is 17.1. The summed E-state index contributed by atoms with van der Waals surface area (Å²) >= 11 is 4.96. The van der Waals surface area contributed by atoms with Crippen molar-refractivity contribution < 1.29 is 4.79 Å². The standard InChI is InChI=1S/C18H22BrN3OS/c1-13-4-3-5-14(2)22(13)17(23)12-24-18-20-10-11-21(18)16-8-6-15(19)7-9-16/h6-11,13-14H,3-5,12H2,1-2H3. The lowest BCUT2D eigenvalue weighted by Gasteiger charge is -2.39. The van der Waals surface area contributed by atoms with Crippen LogP contribution in [0.3, 0.4) is 0 Å². The Morgan fingerprint density at radius 2 is 1.92 bits per heavy atom. The number of carbonyl (C=O) groups excluding carboxylic acids is 1. The number of imidazole rings is 1. The van der Waals surface area contributed by atoms with Crippen molar-refractivity contribution in [1.29, 1.82) is 0 Å². The van der Waals surface area contributed by atoms with Gasteiger partial charge in [-0.1, -0.05) is 27.7 Å². The number of benzene rings is 1. The van der Waals surface area contributed by atoms with Gasteiger partial charge in [-0.15, -0.1) is 0 Å². The van der Waals surface area contributed by atoms with Gasteiger partial charge in [0.2, 0.25) is 5.91 Å². The molecule has 6 heteroatoms. The fraction of sp³-hybridized carbons (Fsp3) is 0.444. The predicted octanol–water partition coefficient (Wildman–Crippen LogP) is 4.52. The van der Waals surface area contributed by atoms with Gasteiger partial charge in [-0.2, -0.15) is 0 Å². The van der Waals surface area contributed by atoms with Crippen LogP contribution >= 0.6 is 27.7 Å². The molecule has 0 aliphatic carbocycles. The Hall–Kier alpha value is -1.27. The van der Waals surface area contributed by atoms with E-state index in [1.54, 1.807) is 6.20 Å². The van der Waals surface area contributed by atoms with Gasteiger partial charge in [0.05, 0.1) is 5.75 Å². The van der Waals surface area contributed by atoms with Gasteiger partial charge >= 0.3 is 0 Å². The molecule has 24 heavy (non-hydrogen) atoms. The minimum atomic E-state index is 0.213. The number of aromatic nitrogens is 2. The van der Waals surface area contributed by atoms with Crippen LogP contribution in [0.2, 0.25) is 0 Å². The van der Waals surface area contributed by atoms with Crippen molar-refractivity contribution in [2.45, 2.75) is 50.4 Å². The first kappa shape index (κ1) is 17.5. The average molecular weight is 408 g/mol. The fourth-order valence-electron chi connectivity index (χ4n) is 3.31. The summed E-state index contributed by atoms with van der Waals surface area (Å²) < 4.78 is 3.07. The number of likely N-dealkylation sites (tertiary alicyclic amines) is 1. The van der Waals surface area contributed by atoms with Gasteiger partial charge in [0.25, 0.3) is 0 Å². The fourth-order valence-corrected chi connectivity index (χ4v) is 4.42. The summed E-state index contributed by atoms with van der Waals surface area (Å²) in [6, 6.07) is 8.76. The minimum absolute atomic E-state index is 0.213. The quantitative estimate of drug-likeness (QED) is 0.699. The number of amides is 1. The number of halogens is 1. The number of thioether (sulfide) groups is 1. The molecular formula is C18H22BrN3OS. The molecule has 0 bridgehead atoms. The van der Waals surface area contributed by atoms with Crippen LogP contribution in [0.1, 0.15) is 33.1 Å². The van der Waals surface area contributed by atoms with Gasteiger partial charge in [-0.25, -0.2) is 4.98 Å². The van der Waals surface area contributed by atoms with Crippen LogP contribution < -0.4 is 0 Å². The van der Waals surface area contributed by atoms with Crippen molar-refractivity contribution in [2.24, 2.45) is 0 Å². The van der Waals surface area contributed by atoms with E-state index < -0.39 is 0 Å². The molecular weight excluding hydrogens is 386 g/mol. The third-order valence-corrected chi connectivity index (χ3v) is 6.00. The summed E-state index contributed by atoms with van der Waals surface area (Å²) in [6.07, 6.45) is 7.14. The Kier molecular flexibility index (Phi) is 5.66. The summed E-state index contributed by atoms with van der Waals surface area (Å²) in [5.41, 5.74) is 1.05. The van der Waals surface area contributed by atoms with Gasteiger partial charge in [0, 0.05) is 34.6 Å². The summed E-state index contributed by atoms with van der Waals surface area (Å²) in [5, 5.41) is 0.850. The topological polar surface area (TPSA) is 38.1 Å². The van der Waals surface area contributed by atoms with Gasteiger partial charge in [0.15, 0.2) is 5.16 Å². The molecule has 0 N–H and O–H groups in total. The number of piperidine rings is 1. The van der Waals surface area contributed by atoms with E-state index in [4.69, 9.17) is 0 Å². The molecule has 2 aromatic rings. The van der Waals surface area contributed by atoms with Crippen LogP contribution in [0.4, 0.5) is 0 Å². The van der Waals surface area contributed by atoms with Crippen LogP contribution in [0, 0.1) is 0 Å². The summed E-state index contributed by atoms with van der Waals surface area (Å²) in [4.78, 5) is 19.1. The van der Waals surface area contributed by atoms with E-state index in [9.17, 15) is 4.79 Å². The number of carbonyl (C=O) groups is 1. The van der Waals surface area contributed by atoms with Crippen molar-refractivity contribution in [3.8, 4) is 5.69 Å². The maximum absolute atomic E-state index is 12.7. The highest BCUT2D eigenvalue weighted by atomic mass is 79.9. The Labute approximate surface area is 155 Å². The van der Waals surface area contributed by atoms with Gasteiger partial charge in [-0.05, 0) is 57.4 Å². The van der Waals surface area contributed by atoms with E-state index in [0.29, 0.717) is 17.8 Å². The van der Waals surface area contributed by atoms with Crippen LogP contribution in [0.15, 0.2) is 46.3 Å². The molecule has 128 valence electrons. The second-order valence-corrected chi connectivity index (χ2v) is 8.13. The molecule has 0 radical (unpaired) electrons. The Balaban J connectivity index is 1.68. The van der Waals surface area contributed by atoms with E-state index in [2.05, 4.69) is 39.7 Å². The summed E-state index contributed by atoms with van der Waals surface area (Å²) in [7, 11) is 0. The first-order valence-corrected chi connectivity index (χ1v) is 10.1. The lowest BCUT2D eigenvalue weighted by Crippen LogP contribution is -2.48. The monoisotopic (exact) mass is 407 g/mol. The molecule has 1 aliphatic rings. The van der Waals surface area contributed by atoms with Crippen molar-refractivity contribution in [1.82, 2.24) is 14.5 Å². The third-order valence-electron chi connectivity index (χ3n) is 4.52. The molecule has 1 aliphatic heterocycles. The van der Waals surface area contributed by atoms with E-state index >= 15 is 0 Å². The smallest absolute Gasteiger partial charge is 0.233 e. The molecule has 3 rings (SSSR count). The maximum atomic E-state index is 12.7. The lowest BCUT2D eigenvalue weighted by molar-refractivity contribution is -0.134. The molecule has 4 nitrogen and oxygen atoms in total. The van der Waals surface area contributed by atoms with Gasteiger partial charge in [-0.3, -0.25) is 9.36 Å². The molecule has 1 aromatic carbocycles. The largest absolute Gasteiger partial charge is 0.337 e.